The third kappa shape index (κ3) is 5.96. The first-order valence-electron chi connectivity index (χ1n) is 9.20. The molecular weight excluding hydrogens is 306 g/mol. The van der Waals surface area contributed by atoms with Crippen molar-refractivity contribution in [3.8, 4) is 0 Å². The van der Waals surface area contributed by atoms with Gasteiger partial charge >= 0.3 is 6.09 Å². The molecule has 2 amide bonds. The topological polar surface area (TPSA) is 53.1 Å². The Morgan fingerprint density at radius 2 is 1.71 bits per heavy atom. The summed E-state index contributed by atoms with van der Waals surface area (Å²) < 4.78 is 5.51. The zero-order valence-corrected chi connectivity index (χ0v) is 15.7. The zero-order chi connectivity index (χ0) is 17.7. The summed E-state index contributed by atoms with van der Waals surface area (Å²) in [5.41, 5.74) is -0.440. The number of amides is 2. The van der Waals surface area contributed by atoms with Crippen LogP contribution in [0.5, 0.6) is 0 Å². The van der Waals surface area contributed by atoms with E-state index in [0.29, 0.717) is 5.92 Å². The van der Waals surface area contributed by atoms with E-state index < -0.39 is 5.60 Å². The third-order valence-corrected chi connectivity index (χ3v) is 4.72. The summed E-state index contributed by atoms with van der Waals surface area (Å²) in [6.07, 6.45) is 3.04. The Hall–Kier alpha value is -1.30. The molecule has 0 aliphatic carbocycles. The minimum Gasteiger partial charge on any atom is -0.444 e. The Morgan fingerprint density at radius 3 is 2.38 bits per heavy atom. The van der Waals surface area contributed by atoms with Crippen LogP contribution < -0.4 is 0 Å². The molecule has 0 radical (unpaired) electrons. The van der Waals surface area contributed by atoms with E-state index in [2.05, 4.69) is 4.90 Å². The number of likely N-dealkylation sites (tertiary alicyclic amines) is 1. The fraction of sp³-hybridized carbons (Fsp3) is 0.889. The SMILES string of the molecule is CC(=O)N1CCCN(C[C@@H]2CCCN(C(=O)OC(C)(C)C)C2)CC1. The molecule has 2 aliphatic heterocycles. The highest BCUT2D eigenvalue weighted by Gasteiger charge is 2.29. The van der Waals surface area contributed by atoms with Gasteiger partial charge in [-0.15, -0.1) is 0 Å². The molecule has 0 spiro atoms. The van der Waals surface area contributed by atoms with Crippen LogP contribution in [0.4, 0.5) is 4.79 Å². The van der Waals surface area contributed by atoms with Gasteiger partial charge in [0.15, 0.2) is 0 Å². The maximum Gasteiger partial charge on any atom is 0.410 e. The first-order chi connectivity index (χ1) is 11.2. The maximum absolute atomic E-state index is 12.3. The minimum absolute atomic E-state index is 0.172. The fourth-order valence-electron chi connectivity index (χ4n) is 3.54. The number of hydrogen-bond acceptors (Lipinski definition) is 4. The molecule has 0 N–H and O–H groups in total. The van der Waals surface area contributed by atoms with Crippen LogP contribution in [0, 0.1) is 5.92 Å². The fourth-order valence-corrected chi connectivity index (χ4v) is 3.54. The summed E-state index contributed by atoms with van der Waals surface area (Å²) in [7, 11) is 0. The van der Waals surface area contributed by atoms with Crippen molar-refractivity contribution in [1.29, 1.82) is 0 Å². The van der Waals surface area contributed by atoms with Crippen molar-refractivity contribution >= 4 is 12.0 Å². The van der Waals surface area contributed by atoms with E-state index in [1.165, 1.54) is 0 Å². The van der Waals surface area contributed by atoms with E-state index in [1.807, 2.05) is 30.6 Å². The summed E-state index contributed by atoms with van der Waals surface area (Å²) in [6, 6.07) is 0. The second-order valence-corrected chi connectivity index (χ2v) is 8.09. The van der Waals surface area contributed by atoms with Crippen LogP contribution in [-0.2, 0) is 9.53 Å². The van der Waals surface area contributed by atoms with Crippen molar-refractivity contribution in [3.05, 3.63) is 0 Å². The number of rotatable bonds is 2. The minimum atomic E-state index is -0.440. The van der Waals surface area contributed by atoms with Gasteiger partial charge in [-0.05, 0) is 52.5 Å². The predicted octanol–water partition coefficient (Wildman–Crippen LogP) is 2.19. The van der Waals surface area contributed by atoms with Gasteiger partial charge in [0.1, 0.15) is 5.60 Å². The molecule has 0 saturated carbocycles. The lowest BCUT2D eigenvalue weighted by Gasteiger charge is -2.36. The molecule has 24 heavy (non-hydrogen) atoms. The van der Waals surface area contributed by atoms with E-state index in [9.17, 15) is 9.59 Å². The number of carbonyl (C=O) groups excluding carboxylic acids is 2. The van der Waals surface area contributed by atoms with Crippen LogP contribution in [0.2, 0.25) is 0 Å². The molecule has 2 fully saturated rings. The lowest BCUT2D eigenvalue weighted by molar-refractivity contribution is -0.128. The zero-order valence-electron chi connectivity index (χ0n) is 15.7. The van der Waals surface area contributed by atoms with Crippen LogP contribution >= 0.6 is 0 Å². The van der Waals surface area contributed by atoms with E-state index in [1.54, 1.807) is 6.92 Å². The van der Waals surface area contributed by atoms with Gasteiger partial charge < -0.3 is 19.4 Å². The Balaban J connectivity index is 1.82. The van der Waals surface area contributed by atoms with E-state index in [-0.39, 0.29) is 12.0 Å². The first kappa shape index (κ1) is 19.0. The van der Waals surface area contributed by atoms with Crippen molar-refractivity contribution in [2.45, 2.75) is 52.6 Å². The van der Waals surface area contributed by atoms with Gasteiger partial charge in [-0.2, -0.15) is 0 Å². The summed E-state index contributed by atoms with van der Waals surface area (Å²) in [6.45, 7) is 13.6. The normalized spacial score (nSPS) is 23.8. The van der Waals surface area contributed by atoms with Gasteiger partial charge in [0.25, 0.3) is 0 Å². The number of nitrogens with zero attached hydrogens (tertiary/aromatic N) is 3. The van der Waals surface area contributed by atoms with Crippen LogP contribution in [-0.4, -0.2) is 78.1 Å². The molecule has 1 atom stereocenters. The molecule has 0 aromatic carbocycles. The molecule has 0 unspecified atom stereocenters. The van der Waals surface area contributed by atoms with Gasteiger partial charge in [-0.25, -0.2) is 4.79 Å². The van der Waals surface area contributed by atoms with Crippen molar-refractivity contribution in [2.75, 3.05) is 45.8 Å². The molecule has 2 saturated heterocycles. The highest BCUT2D eigenvalue weighted by Crippen LogP contribution is 2.21. The van der Waals surface area contributed by atoms with Crippen molar-refractivity contribution < 1.29 is 14.3 Å². The van der Waals surface area contributed by atoms with Crippen molar-refractivity contribution in [3.63, 3.8) is 0 Å². The van der Waals surface area contributed by atoms with Gasteiger partial charge in [-0.1, -0.05) is 0 Å². The molecular formula is C18H33N3O3. The first-order valence-corrected chi connectivity index (χ1v) is 9.20. The van der Waals surface area contributed by atoms with E-state index in [0.717, 1.165) is 65.1 Å². The Morgan fingerprint density at radius 1 is 1.00 bits per heavy atom. The average molecular weight is 339 g/mol. The van der Waals surface area contributed by atoms with Crippen molar-refractivity contribution in [1.82, 2.24) is 14.7 Å². The van der Waals surface area contributed by atoms with Crippen LogP contribution in [0.15, 0.2) is 0 Å². The lowest BCUT2D eigenvalue weighted by Crippen LogP contribution is -2.46. The monoisotopic (exact) mass is 339 g/mol. The Bertz CT molecular complexity index is 447. The summed E-state index contributed by atoms with van der Waals surface area (Å²) in [5, 5.41) is 0. The summed E-state index contributed by atoms with van der Waals surface area (Å²) in [5.74, 6) is 0.667. The Kier molecular flexibility index (Phi) is 6.49. The summed E-state index contributed by atoms with van der Waals surface area (Å²) in [4.78, 5) is 30.0. The van der Waals surface area contributed by atoms with E-state index >= 15 is 0 Å². The van der Waals surface area contributed by atoms with Crippen molar-refractivity contribution in [2.24, 2.45) is 5.92 Å². The quantitative estimate of drug-likeness (QED) is 0.774. The third-order valence-electron chi connectivity index (χ3n) is 4.72. The largest absolute Gasteiger partial charge is 0.444 e. The molecule has 2 rings (SSSR count). The lowest BCUT2D eigenvalue weighted by atomic mass is 9.97. The number of carbonyl (C=O) groups is 2. The van der Waals surface area contributed by atoms with Gasteiger partial charge in [-0.3, -0.25) is 4.79 Å². The second-order valence-electron chi connectivity index (χ2n) is 8.09. The van der Waals surface area contributed by atoms with Crippen LogP contribution in [0.3, 0.4) is 0 Å². The number of hydrogen-bond donors (Lipinski definition) is 0. The van der Waals surface area contributed by atoms with Gasteiger partial charge in [0.2, 0.25) is 5.91 Å². The molecule has 0 aromatic rings. The molecule has 6 heteroatoms. The maximum atomic E-state index is 12.3. The molecule has 2 aliphatic rings. The standard InChI is InChI=1S/C18H33N3O3/c1-15(22)20-10-6-8-19(11-12-20)13-16-7-5-9-21(14-16)17(23)24-18(2,3)4/h16H,5-14H2,1-4H3/t16-/m0/s1. The Labute approximate surface area is 146 Å². The van der Waals surface area contributed by atoms with Crippen LogP contribution in [0.1, 0.15) is 47.0 Å². The van der Waals surface area contributed by atoms with Crippen LogP contribution in [0.25, 0.3) is 0 Å². The van der Waals surface area contributed by atoms with Gasteiger partial charge in [0, 0.05) is 46.2 Å². The molecule has 0 bridgehead atoms. The smallest absolute Gasteiger partial charge is 0.410 e. The molecule has 2 heterocycles. The highest BCUT2D eigenvalue weighted by atomic mass is 16.6. The molecule has 138 valence electrons. The van der Waals surface area contributed by atoms with E-state index in [4.69, 9.17) is 4.74 Å². The molecule has 0 aromatic heterocycles. The predicted molar refractivity (Wildman–Crippen MR) is 93.8 cm³/mol. The summed E-state index contributed by atoms with van der Waals surface area (Å²) >= 11 is 0. The highest BCUT2D eigenvalue weighted by molar-refractivity contribution is 5.73. The molecule has 6 nitrogen and oxygen atoms in total. The second kappa shape index (κ2) is 8.19. The number of ether oxygens (including phenoxy) is 1. The van der Waals surface area contributed by atoms with Gasteiger partial charge in [0.05, 0.1) is 0 Å². The average Bonchev–Trinajstić information content (AvgIpc) is 2.71. The number of piperidine rings is 1.